The van der Waals surface area contributed by atoms with Gasteiger partial charge in [0.25, 0.3) is 0 Å². The Morgan fingerprint density at radius 1 is 1.09 bits per heavy atom. The lowest BCUT2D eigenvalue weighted by Crippen LogP contribution is -2.25. The Morgan fingerprint density at radius 2 is 1.94 bits per heavy atom. The topological polar surface area (TPSA) is 29.4 Å². The molecule has 0 bridgehead atoms. The molecule has 0 spiro atoms. The SMILES string of the molecule is CC(C)[C@@H](Cc1ccccc1)C(=O)C[C@@H]1CCCC(C2=NC=CCC3=C2C=CCC3)CC1.[HH].[HH].[HH]. The Kier molecular flexibility index (Phi) is 7.95. The van der Waals surface area contributed by atoms with Crippen LogP contribution in [-0.2, 0) is 11.2 Å². The number of ketones is 1. The van der Waals surface area contributed by atoms with E-state index in [2.05, 4.69) is 56.3 Å². The van der Waals surface area contributed by atoms with Crippen LogP contribution in [0.25, 0.3) is 0 Å². The van der Waals surface area contributed by atoms with Gasteiger partial charge in [0.2, 0.25) is 0 Å². The molecule has 1 aliphatic heterocycles. The van der Waals surface area contributed by atoms with E-state index < -0.39 is 0 Å². The largest absolute Gasteiger partial charge is 0.299 e. The molecular formula is C30H45NO. The van der Waals surface area contributed by atoms with E-state index in [1.807, 2.05) is 12.3 Å². The zero-order valence-electron chi connectivity index (χ0n) is 19.9. The monoisotopic (exact) mass is 435 g/mol. The van der Waals surface area contributed by atoms with Gasteiger partial charge >= 0.3 is 0 Å². The Bertz CT molecular complexity index is 917. The van der Waals surface area contributed by atoms with Gasteiger partial charge in [-0.1, -0.05) is 80.8 Å². The lowest BCUT2D eigenvalue weighted by molar-refractivity contribution is -0.125. The average Bonchev–Trinajstić information content (AvgIpc) is 3.16. The predicted octanol–water partition coefficient (Wildman–Crippen LogP) is 8.40. The van der Waals surface area contributed by atoms with Crippen LogP contribution in [0.1, 0.15) is 81.5 Å². The molecule has 2 heteroatoms. The van der Waals surface area contributed by atoms with Crippen LogP contribution < -0.4 is 0 Å². The van der Waals surface area contributed by atoms with Crippen LogP contribution in [0.2, 0.25) is 0 Å². The highest BCUT2D eigenvalue weighted by atomic mass is 16.1. The zero-order chi connectivity index (χ0) is 22.3. The fourth-order valence-electron chi connectivity index (χ4n) is 5.79. The molecule has 0 radical (unpaired) electrons. The van der Waals surface area contributed by atoms with E-state index in [1.165, 1.54) is 49.0 Å². The number of nitrogens with zero attached hydrogens (tertiary/aromatic N) is 1. The van der Waals surface area contributed by atoms with Gasteiger partial charge in [-0.25, -0.2) is 0 Å². The number of allylic oxidation sites excluding steroid dienone is 5. The first kappa shape index (κ1) is 23.0. The first-order valence-electron chi connectivity index (χ1n) is 12.8. The molecule has 1 aromatic rings. The summed E-state index contributed by atoms with van der Waals surface area (Å²) in [7, 11) is 0. The van der Waals surface area contributed by atoms with Crippen LogP contribution in [0.15, 0.2) is 70.9 Å². The summed E-state index contributed by atoms with van der Waals surface area (Å²) < 4.78 is 0. The van der Waals surface area contributed by atoms with Gasteiger partial charge in [-0.2, -0.15) is 0 Å². The number of hydrogen-bond donors (Lipinski definition) is 0. The van der Waals surface area contributed by atoms with Crippen LogP contribution in [-0.4, -0.2) is 11.5 Å². The van der Waals surface area contributed by atoms with Crippen molar-refractivity contribution < 1.29 is 9.07 Å². The third-order valence-electron chi connectivity index (χ3n) is 7.72. The Hall–Kier alpha value is -2.22. The number of Topliss-reactive ketones (excluding diaryl/α,β-unsaturated/α-hetero) is 1. The summed E-state index contributed by atoms with van der Waals surface area (Å²) in [6.07, 6.45) is 19.8. The Balaban J connectivity index is 0.00000204. The first-order valence-corrected chi connectivity index (χ1v) is 12.8. The van der Waals surface area contributed by atoms with Gasteiger partial charge in [0, 0.05) is 28.7 Å². The van der Waals surface area contributed by atoms with E-state index in [9.17, 15) is 4.79 Å². The zero-order valence-corrected chi connectivity index (χ0v) is 19.9. The van der Waals surface area contributed by atoms with Crippen molar-refractivity contribution in [2.75, 3.05) is 0 Å². The number of carbonyl (C=O) groups excluding carboxylic acids is 1. The normalized spacial score (nSPS) is 24.5. The quantitative estimate of drug-likeness (QED) is 0.395. The summed E-state index contributed by atoms with van der Waals surface area (Å²) >= 11 is 0. The van der Waals surface area contributed by atoms with Crippen LogP contribution in [0, 0.1) is 23.7 Å². The van der Waals surface area contributed by atoms with Crippen LogP contribution in [0.5, 0.6) is 0 Å². The summed E-state index contributed by atoms with van der Waals surface area (Å²) in [5.74, 6) is 2.06. The van der Waals surface area contributed by atoms with Gasteiger partial charge in [-0.3, -0.25) is 9.79 Å². The maximum atomic E-state index is 13.3. The molecule has 2 aliphatic carbocycles. The molecule has 3 aliphatic rings. The number of carbonyl (C=O) groups is 1. The fraction of sp³-hybridized carbons (Fsp3) is 0.533. The van der Waals surface area contributed by atoms with Crippen molar-refractivity contribution in [2.45, 2.75) is 78.1 Å². The van der Waals surface area contributed by atoms with E-state index in [1.54, 1.807) is 5.57 Å². The van der Waals surface area contributed by atoms with Crippen molar-refractivity contribution in [1.29, 1.82) is 0 Å². The minimum Gasteiger partial charge on any atom is -0.299 e. The van der Waals surface area contributed by atoms with Crippen molar-refractivity contribution >= 4 is 11.5 Å². The van der Waals surface area contributed by atoms with Crippen molar-refractivity contribution in [3.05, 3.63) is 71.5 Å². The second kappa shape index (κ2) is 11.1. The summed E-state index contributed by atoms with van der Waals surface area (Å²) in [5, 5.41) is 0. The van der Waals surface area contributed by atoms with Crippen LogP contribution in [0.4, 0.5) is 0 Å². The minimum absolute atomic E-state index is 0. The molecule has 1 aromatic carbocycles. The molecular weight excluding hydrogens is 390 g/mol. The second-order valence-electron chi connectivity index (χ2n) is 10.3. The van der Waals surface area contributed by atoms with E-state index >= 15 is 0 Å². The number of aliphatic imine (C=N–C) groups is 1. The summed E-state index contributed by atoms with van der Waals surface area (Å²) in [5.41, 5.74) is 5.59. The van der Waals surface area contributed by atoms with Gasteiger partial charge in [0.05, 0.1) is 5.71 Å². The lowest BCUT2D eigenvalue weighted by Gasteiger charge is -2.23. The summed E-state index contributed by atoms with van der Waals surface area (Å²) in [6, 6.07) is 10.5. The molecule has 0 amide bonds. The maximum absolute atomic E-state index is 13.3. The van der Waals surface area contributed by atoms with Crippen molar-refractivity contribution in [3.63, 3.8) is 0 Å². The molecule has 1 heterocycles. The van der Waals surface area contributed by atoms with Crippen molar-refractivity contribution in [1.82, 2.24) is 0 Å². The molecule has 4 rings (SSSR count). The number of rotatable bonds is 7. The molecule has 0 saturated heterocycles. The highest BCUT2D eigenvalue weighted by Gasteiger charge is 2.29. The number of benzene rings is 1. The Morgan fingerprint density at radius 3 is 2.75 bits per heavy atom. The maximum Gasteiger partial charge on any atom is 0.136 e. The third kappa shape index (κ3) is 5.77. The molecule has 1 fully saturated rings. The second-order valence-corrected chi connectivity index (χ2v) is 10.3. The Labute approximate surface area is 199 Å². The van der Waals surface area contributed by atoms with E-state index in [4.69, 9.17) is 4.99 Å². The van der Waals surface area contributed by atoms with Gasteiger partial charge in [-0.15, -0.1) is 0 Å². The minimum atomic E-state index is 0. The molecule has 3 atom stereocenters. The highest BCUT2D eigenvalue weighted by molar-refractivity contribution is 6.05. The van der Waals surface area contributed by atoms with Crippen molar-refractivity contribution in [2.24, 2.45) is 28.7 Å². The van der Waals surface area contributed by atoms with Gasteiger partial charge in [-0.05, 0) is 67.9 Å². The molecule has 0 aromatic heterocycles. The van der Waals surface area contributed by atoms with E-state index in [0.717, 1.165) is 32.1 Å². The summed E-state index contributed by atoms with van der Waals surface area (Å²) in [6.45, 7) is 4.41. The summed E-state index contributed by atoms with van der Waals surface area (Å²) in [4.78, 5) is 18.3. The molecule has 2 nitrogen and oxygen atoms in total. The fourth-order valence-corrected chi connectivity index (χ4v) is 5.79. The van der Waals surface area contributed by atoms with Crippen LogP contribution >= 0.6 is 0 Å². The van der Waals surface area contributed by atoms with E-state index in [0.29, 0.717) is 23.5 Å². The third-order valence-corrected chi connectivity index (χ3v) is 7.72. The average molecular weight is 436 g/mol. The van der Waals surface area contributed by atoms with Gasteiger partial charge in [0.1, 0.15) is 5.78 Å². The molecule has 32 heavy (non-hydrogen) atoms. The van der Waals surface area contributed by atoms with Gasteiger partial charge < -0.3 is 0 Å². The first-order chi connectivity index (χ1) is 15.6. The molecule has 1 saturated carbocycles. The van der Waals surface area contributed by atoms with Crippen LogP contribution in [0.3, 0.4) is 0 Å². The highest BCUT2D eigenvalue weighted by Crippen LogP contribution is 2.36. The number of hydrogen-bond acceptors (Lipinski definition) is 2. The van der Waals surface area contributed by atoms with Crippen molar-refractivity contribution in [3.8, 4) is 0 Å². The molecule has 1 unspecified atom stereocenters. The van der Waals surface area contributed by atoms with E-state index in [-0.39, 0.29) is 10.2 Å². The standard InChI is InChI=1S/C30H39NO.3H2/c1-22(2)28(20-23-10-4-3-5-11-23)29(32)21-24-12-8-14-26(18-17-24)30-27-16-7-6-13-25(27)15-9-19-31-30;;;/h3-5,7,9-11,16,19,22,24,26,28H,6,8,12-15,17-18,20-21H2,1-2H3;3*1H/t24-,26?,28-;;;/m1.../s1. The lowest BCUT2D eigenvalue weighted by atomic mass is 9.80. The smallest absolute Gasteiger partial charge is 0.136 e. The predicted molar refractivity (Wildman–Crippen MR) is 141 cm³/mol. The molecule has 176 valence electrons. The molecule has 0 N–H and O–H groups in total. The van der Waals surface area contributed by atoms with Gasteiger partial charge in [0.15, 0.2) is 0 Å².